The van der Waals surface area contributed by atoms with Crippen LogP contribution in [0.15, 0.2) is 52.1 Å². The highest BCUT2D eigenvalue weighted by molar-refractivity contribution is 7.99. The molecule has 3 rings (SSSR count). The minimum absolute atomic E-state index is 0.0668. The Hall–Kier alpha value is -2.71. The number of hydrogen-bond acceptors (Lipinski definition) is 7. The average molecular weight is 392 g/mol. The molecule has 0 fully saturated rings. The van der Waals surface area contributed by atoms with E-state index in [9.17, 15) is 9.90 Å². The smallest absolute Gasteiger partial charge is 0.277 e. The standard InChI is InChI=1S/C17H14ClN3O4S/c1-24-14-6-5-11(18)8-13(14)19-15(23)9-26-17-21-20-16(25-17)10-3-2-4-12(22)7-10/h2-8,22H,9H2,1H3,(H,19,23). The van der Waals surface area contributed by atoms with Gasteiger partial charge in [0.15, 0.2) is 0 Å². The normalized spacial score (nSPS) is 10.5. The number of aromatic hydroxyl groups is 1. The highest BCUT2D eigenvalue weighted by atomic mass is 35.5. The Labute approximate surface area is 158 Å². The van der Waals surface area contributed by atoms with E-state index in [4.69, 9.17) is 20.8 Å². The van der Waals surface area contributed by atoms with Gasteiger partial charge in [0.1, 0.15) is 11.5 Å². The predicted molar refractivity (Wildman–Crippen MR) is 98.8 cm³/mol. The van der Waals surface area contributed by atoms with Crippen LogP contribution in [0.5, 0.6) is 11.5 Å². The summed E-state index contributed by atoms with van der Waals surface area (Å²) in [7, 11) is 1.51. The third-order valence-corrected chi connectivity index (χ3v) is 4.32. The van der Waals surface area contributed by atoms with Gasteiger partial charge in [0, 0.05) is 10.6 Å². The number of nitrogens with zero attached hydrogens (tertiary/aromatic N) is 2. The van der Waals surface area contributed by atoms with Gasteiger partial charge in [-0.2, -0.15) is 0 Å². The molecule has 7 nitrogen and oxygen atoms in total. The topological polar surface area (TPSA) is 97.5 Å². The van der Waals surface area contributed by atoms with E-state index in [0.717, 1.165) is 11.8 Å². The molecule has 0 atom stereocenters. The van der Waals surface area contributed by atoms with Crippen molar-refractivity contribution in [2.75, 3.05) is 18.2 Å². The molecule has 1 amide bonds. The molecular formula is C17H14ClN3O4S. The lowest BCUT2D eigenvalue weighted by molar-refractivity contribution is -0.113. The number of nitrogens with one attached hydrogen (secondary N) is 1. The Morgan fingerprint density at radius 1 is 1.31 bits per heavy atom. The number of rotatable bonds is 6. The summed E-state index contributed by atoms with van der Waals surface area (Å²) in [5, 5.41) is 20.8. The molecule has 3 aromatic rings. The summed E-state index contributed by atoms with van der Waals surface area (Å²) in [6.07, 6.45) is 0. The van der Waals surface area contributed by atoms with Crippen LogP contribution in [0.4, 0.5) is 5.69 Å². The summed E-state index contributed by atoms with van der Waals surface area (Å²) in [5.74, 6) is 0.673. The molecule has 2 N–H and O–H groups in total. The maximum absolute atomic E-state index is 12.1. The van der Waals surface area contributed by atoms with E-state index < -0.39 is 0 Å². The minimum atomic E-state index is -0.271. The number of anilines is 1. The number of amides is 1. The Bertz CT molecular complexity index is 932. The van der Waals surface area contributed by atoms with Crippen LogP contribution in [-0.4, -0.2) is 34.1 Å². The van der Waals surface area contributed by atoms with Gasteiger partial charge in [0.2, 0.25) is 11.8 Å². The van der Waals surface area contributed by atoms with Crippen molar-refractivity contribution in [3.05, 3.63) is 47.5 Å². The van der Waals surface area contributed by atoms with E-state index in [1.165, 1.54) is 13.2 Å². The fourth-order valence-electron chi connectivity index (χ4n) is 2.12. The number of carbonyl (C=O) groups is 1. The van der Waals surface area contributed by atoms with Crippen LogP contribution in [0, 0.1) is 0 Å². The van der Waals surface area contributed by atoms with Crippen LogP contribution in [0.3, 0.4) is 0 Å². The number of aromatic nitrogens is 2. The number of benzene rings is 2. The molecule has 1 heterocycles. The number of carbonyl (C=O) groups excluding carboxylic acids is 1. The second-order valence-electron chi connectivity index (χ2n) is 5.10. The van der Waals surface area contributed by atoms with Gasteiger partial charge in [-0.15, -0.1) is 10.2 Å². The van der Waals surface area contributed by atoms with Crippen molar-refractivity contribution in [2.24, 2.45) is 0 Å². The van der Waals surface area contributed by atoms with Gasteiger partial charge in [0.25, 0.3) is 5.22 Å². The predicted octanol–water partition coefficient (Wildman–Crippen LogP) is 3.84. The van der Waals surface area contributed by atoms with Crippen molar-refractivity contribution in [2.45, 2.75) is 5.22 Å². The number of hydrogen-bond donors (Lipinski definition) is 2. The number of methoxy groups -OCH3 is 1. The van der Waals surface area contributed by atoms with Crippen molar-refractivity contribution < 1.29 is 19.1 Å². The van der Waals surface area contributed by atoms with Gasteiger partial charge in [0.05, 0.1) is 18.6 Å². The Morgan fingerprint density at radius 2 is 2.15 bits per heavy atom. The van der Waals surface area contributed by atoms with Gasteiger partial charge in [-0.05, 0) is 36.4 Å². The van der Waals surface area contributed by atoms with E-state index in [1.807, 2.05) is 0 Å². The number of ether oxygens (including phenoxy) is 1. The summed E-state index contributed by atoms with van der Waals surface area (Å²) in [6.45, 7) is 0. The molecule has 0 aliphatic heterocycles. The van der Waals surface area contributed by atoms with E-state index in [0.29, 0.717) is 22.0 Å². The van der Waals surface area contributed by atoms with Gasteiger partial charge >= 0.3 is 0 Å². The second-order valence-corrected chi connectivity index (χ2v) is 6.47. The van der Waals surface area contributed by atoms with Crippen molar-refractivity contribution in [1.29, 1.82) is 0 Å². The largest absolute Gasteiger partial charge is 0.508 e. The van der Waals surface area contributed by atoms with Crippen LogP contribution in [0.25, 0.3) is 11.5 Å². The minimum Gasteiger partial charge on any atom is -0.508 e. The van der Waals surface area contributed by atoms with Crippen molar-refractivity contribution in [3.63, 3.8) is 0 Å². The summed E-state index contributed by atoms with van der Waals surface area (Å²) in [5.41, 5.74) is 1.08. The Kier molecular flexibility index (Phi) is 5.65. The second kappa shape index (κ2) is 8.11. The molecule has 134 valence electrons. The molecule has 0 bridgehead atoms. The van der Waals surface area contributed by atoms with Gasteiger partial charge in [-0.25, -0.2) is 0 Å². The number of thioether (sulfide) groups is 1. The number of phenolic OH excluding ortho intramolecular Hbond substituents is 1. The molecule has 0 spiro atoms. The summed E-state index contributed by atoms with van der Waals surface area (Å²) >= 11 is 7.04. The first-order valence-electron chi connectivity index (χ1n) is 7.44. The number of halogens is 1. The first-order valence-corrected chi connectivity index (χ1v) is 8.80. The zero-order valence-electron chi connectivity index (χ0n) is 13.6. The molecule has 2 aromatic carbocycles. The lowest BCUT2D eigenvalue weighted by Gasteiger charge is -2.09. The molecule has 0 unspecified atom stereocenters. The third-order valence-electron chi connectivity index (χ3n) is 3.26. The van der Waals surface area contributed by atoms with Gasteiger partial charge in [-0.3, -0.25) is 4.79 Å². The van der Waals surface area contributed by atoms with Crippen LogP contribution in [-0.2, 0) is 4.79 Å². The van der Waals surface area contributed by atoms with Crippen LogP contribution in [0.1, 0.15) is 0 Å². The fraction of sp³-hybridized carbons (Fsp3) is 0.118. The monoisotopic (exact) mass is 391 g/mol. The molecule has 26 heavy (non-hydrogen) atoms. The average Bonchev–Trinajstić information content (AvgIpc) is 3.09. The van der Waals surface area contributed by atoms with Gasteiger partial charge in [-0.1, -0.05) is 29.4 Å². The maximum atomic E-state index is 12.1. The van der Waals surface area contributed by atoms with Crippen LogP contribution in [0.2, 0.25) is 5.02 Å². The zero-order valence-corrected chi connectivity index (χ0v) is 15.2. The van der Waals surface area contributed by atoms with Crippen molar-refractivity contribution >= 4 is 35.0 Å². The van der Waals surface area contributed by atoms with Crippen LogP contribution < -0.4 is 10.1 Å². The zero-order chi connectivity index (χ0) is 18.5. The summed E-state index contributed by atoms with van der Waals surface area (Å²) in [6, 6.07) is 11.4. The molecule has 0 radical (unpaired) electrons. The van der Waals surface area contributed by atoms with Crippen LogP contribution >= 0.6 is 23.4 Å². The first-order chi connectivity index (χ1) is 12.5. The Morgan fingerprint density at radius 3 is 2.92 bits per heavy atom. The van der Waals surface area contributed by atoms with E-state index >= 15 is 0 Å². The number of phenols is 1. The maximum Gasteiger partial charge on any atom is 0.277 e. The molecule has 9 heteroatoms. The Balaban J connectivity index is 1.61. The summed E-state index contributed by atoms with van der Waals surface area (Å²) < 4.78 is 10.7. The summed E-state index contributed by atoms with van der Waals surface area (Å²) in [4.78, 5) is 12.1. The third kappa shape index (κ3) is 4.47. The molecule has 0 aliphatic carbocycles. The SMILES string of the molecule is COc1ccc(Cl)cc1NC(=O)CSc1nnc(-c2cccc(O)c2)o1. The van der Waals surface area contributed by atoms with Gasteiger partial charge < -0.3 is 19.6 Å². The van der Waals surface area contributed by atoms with E-state index in [2.05, 4.69) is 15.5 Å². The highest BCUT2D eigenvalue weighted by Gasteiger charge is 2.13. The molecule has 0 saturated heterocycles. The molecular weight excluding hydrogens is 378 g/mol. The fourth-order valence-corrected chi connectivity index (χ4v) is 2.85. The van der Waals surface area contributed by atoms with E-state index in [-0.39, 0.29) is 28.5 Å². The first kappa shape index (κ1) is 18.1. The lowest BCUT2D eigenvalue weighted by Crippen LogP contribution is -2.14. The molecule has 1 aromatic heterocycles. The highest BCUT2D eigenvalue weighted by Crippen LogP contribution is 2.29. The van der Waals surface area contributed by atoms with Crippen molar-refractivity contribution in [3.8, 4) is 23.0 Å². The van der Waals surface area contributed by atoms with Crippen molar-refractivity contribution in [1.82, 2.24) is 10.2 Å². The molecule has 0 aliphatic rings. The quantitative estimate of drug-likeness (QED) is 0.616. The lowest BCUT2D eigenvalue weighted by atomic mass is 10.2. The molecule has 0 saturated carbocycles. The van der Waals surface area contributed by atoms with E-state index in [1.54, 1.807) is 36.4 Å².